The molecule has 0 radical (unpaired) electrons. The molecule has 0 spiro atoms. The Morgan fingerprint density at radius 1 is 1.38 bits per heavy atom. The summed E-state index contributed by atoms with van der Waals surface area (Å²) in [6, 6.07) is 9.42. The fourth-order valence-electron chi connectivity index (χ4n) is 2.13. The van der Waals surface area contributed by atoms with Crippen LogP contribution in [0.25, 0.3) is 0 Å². The monoisotopic (exact) mass is 352 g/mol. The molecule has 24 heavy (non-hydrogen) atoms. The van der Waals surface area contributed by atoms with E-state index < -0.39 is 22.8 Å². The maximum Gasteiger partial charge on any atom is 0.270 e. The van der Waals surface area contributed by atoms with Crippen molar-refractivity contribution in [2.24, 2.45) is 0 Å². The van der Waals surface area contributed by atoms with Crippen molar-refractivity contribution in [2.45, 2.75) is 6.10 Å². The minimum absolute atomic E-state index is 0.0139. The third kappa shape index (κ3) is 4.27. The molecule has 2 aromatic carbocycles. The largest absolute Gasteiger partial charge is 0.375 e. The van der Waals surface area contributed by atoms with Crippen molar-refractivity contribution >= 4 is 23.2 Å². The number of carbonyl (C=O) groups excluding carboxylic acids is 1. The standard InChI is InChI=1S/C16H14ClFN2O4/c1-24-15(10-3-2-4-11(18)7-10)9-19-16(21)13-8-12(20(22)23)5-6-14(13)17/h2-8,15H,9H2,1H3,(H,19,21). The Hall–Kier alpha value is -2.51. The summed E-state index contributed by atoms with van der Waals surface area (Å²) >= 11 is 5.92. The van der Waals surface area contributed by atoms with Gasteiger partial charge in [0.1, 0.15) is 5.82 Å². The van der Waals surface area contributed by atoms with Crippen molar-refractivity contribution in [3.05, 3.63) is 74.5 Å². The molecule has 1 unspecified atom stereocenters. The number of rotatable bonds is 6. The highest BCUT2D eigenvalue weighted by molar-refractivity contribution is 6.33. The van der Waals surface area contributed by atoms with Gasteiger partial charge in [-0.1, -0.05) is 23.7 Å². The average Bonchev–Trinajstić information content (AvgIpc) is 2.55. The molecule has 2 aromatic rings. The molecule has 2 rings (SSSR count). The summed E-state index contributed by atoms with van der Waals surface area (Å²) in [5.74, 6) is -0.996. The zero-order chi connectivity index (χ0) is 17.7. The van der Waals surface area contributed by atoms with Crippen LogP contribution in [0.15, 0.2) is 42.5 Å². The molecule has 0 aliphatic heterocycles. The second kappa shape index (κ2) is 7.85. The van der Waals surface area contributed by atoms with Crippen LogP contribution in [0.3, 0.4) is 0 Å². The van der Waals surface area contributed by atoms with Gasteiger partial charge in [-0.25, -0.2) is 4.39 Å². The lowest BCUT2D eigenvalue weighted by molar-refractivity contribution is -0.384. The van der Waals surface area contributed by atoms with E-state index in [2.05, 4.69) is 5.32 Å². The third-order valence-electron chi connectivity index (χ3n) is 3.36. The van der Waals surface area contributed by atoms with Gasteiger partial charge in [-0.3, -0.25) is 14.9 Å². The van der Waals surface area contributed by atoms with Crippen LogP contribution in [0, 0.1) is 15.9 Å². The van der Waals surface area contributed by atoms with Gasteiger partial charge in [-0.2, -0.15) is 0 Å². The molecular weight excluding hydrogens is 339 g/mol. The molecule has 0 saturated carbocycles. The number of benzene rings is 2. The number of hydrogen-bond donors (Lipinski definition) is 1. The Morgan fingerprint density at radius 3 is 2.75 bits per heavy atom. The van der Waals surface area contributed by atoms with Crippen LogP contribution >= 0.6 is 11.6 Å². The van der Waals surface area contributed by atoms with E-state index in [9.17, 15) is 19.3 Å². The first-order valence-corrected chi connectivity index (χ1v) is 7.30. The maximum absolute atomic E-state index is 13.3. The normalized spacial score (nSPS) is 11.8. The zero-order valence-electron chi connectivity index (χ0n) is 12.7. The summed E-state index contributed by atoms with van der Waals surface area (Å²) in [5.41, 5.74) is 0.306. The highest BCUT2D eigenvalue weighted by Crippen LogP contribution is 2.22. The molecule has 1 amide bonds. The molecule has 8 heteroatoms. The van der Waals surface area contributed by atoms with Gasteiger partial charge in [0.2, 0.25) is 0 Å². The number of ether oxygens (including phenoxy) is 1. The number of non-ortho nitro benzene ring substituents is 1. The number of amides is 1. The first-order valence-electron chi connectivity index (χ1n) is 6.92. The van der Waals surface area contributed by atoms with Gasteiger partial charge in [-0.15, -0.1) is 0 Å². The van der Waals surface area contributed by atoms with E-state index in [4.69, 9.17) is 16.3 Å². The molecule has 0 aromatic heterocycles. The van der Waals surface area contributed by atoms with Crippen LogP contribution in [0.4, 0.5) is 10.1 Å². The lowest BCUT2D eigenvalue weighted by Gasteiger charge is -2.17. The van der Waals surface area contributed by atoms with E-state index in [0.717, 1.165) is 6.07 Å². The van der Waals surface area contributed by atoms with Crippen molar-refractivity contribution in [1.29, 1.82) is 0 Å². The van der Waals surface area contributed by atoms with Crippen molar-refractivity contribution < 1.29 is 18.8 Å². The molecule has 0 fully saturated rings. The highest BCUT2D eigenvalue weighted by atomic mass is 35.5. The number of nitro groups is 1. The quantitative estimate of drug-likeness (QED) is 0.637. The molecule has 1 N–H and O–H groups in total. The fraction of sp³-hybridized carbons (Fsp3) is 0.188. The summed E-state index contributed by atoms with van der Waals surface area (Å²) in [6.07, 6.45) is -0.567. The van der Waals surface area contributed by atoms with Crippen LogP contribution in [0.1, 0.15) is 22.0 Å². The topological polar surface area (TPSA) is 81.5 Å². The fourth-order valence-corrected chi connectivity index (χ4v) is 2.33. The van der Waals surface area contributed by atoms with Gasteiger partial charge in [0, 0.05) is 25.8 Å². The van der Waals surface area contributed by atoms with Crippen molar-refractivity contribution in [3.8, 4) is 0 Å². The Kier molecular flexibility index (Phi) is 5.83. The lowest BCUT2D eigenvalue weighted by atomic mass is 10.1. The minimum atomic E-state index is -0.613. The number of hydrogen-bond acceptors (Lipinski definition) is 4. The average molecular weight is 353 g/mol. The number of carbonyl (C=O) groups is 1. The molecule has 6 nitrogen and oxygen atoms in total. The molecule has 0 bridgehead atoms. The minimum Gasteiger partial charge on any atom is -0.375 e. The van der Waals surface area contributed by atoms with Crippen molar-refractivity contribution in [3.63, 3.8) is 0 Å². The summed E-state index contributed by atoms with van der Waals surface area (Å²) < 4.78 is 18.5. The van der Waals surface area contributed by atoms with Crippen LogP contribution in [-0.4, -0.2) is 24.5 Å². The first-order chi connectivity index (χ1) is 11.4. The summed E-state index contributed by atoms with van der Waals surface area (Å²) in [4.78, 5) is 22.4. The molecule has 126 valence electrons. The van der Waals surface area contributed by atoms with Crippen LogP contribution < -0.4 is 5.32 Å². The van der Waals surface area contributed by atoms with E-state index in [1.807, 2.05) is 0 Å². The predicted octanol–water partition coefficient (Wildman–Crippen LogP) is 3.50. The van der Waals surface area contributed by atoms with Crippen molar-refractivity contribution in [1.82, 2.24) is 5.32 Å². The van der Waals surface area contributed by atoms with Gasteiger partial charge >= 0.3 is 0 Å². The SMILES string of the molecule is COC(CNC(=O)c1cc([N+](=O)[O-])ccc1Cl)c1cccc(F)c1. The Bertz CT molecular complexity index is 769. The predicted molar refractivity (Wildman–Crippen MR) is 86.6 cm³/mol. The molecule has 0 heterocycles. The summed E-state index contributed by atoms with van der Waals surface area (Å²) in [6.45, 7) is 0.0534. The van der Waals surface area contributed by atoms with E-state index in [0.29, 0.717) is 5.56 Å². The van der Waals surface area contributed by atoms with Crippen molar-refractivity contribution in [2.75, 3.05) is 13.7 Å². The van der Waals surface area contributed by atoms with E-state index in [1.165, 1.54) is 37.4 Å². The van der Waals surface area contributed by atoms with Crippen LogP contribution in [0.5, 0.6) is 0 Å². The lowest BCUT2D eigenvalue weighted by Crippen LogP contribution is -2.29. The van der Waals surface area contributed by atoms with E-state index >= 15 is 0 Å². The number of halogens is 2. The molecule has 1 atom stereocenters. The van der Waals surface area contributed by atoms with Gasteiger partial charge in [0.15, 0.2) is 0 Å². The second-order valence-corrected chi connectivity index (χ2v) is 5.32. The van der Waals surface area contributed by atoms with Gasteiger partial charge in [0.25, 0.3) is 11.6 Å². The van der Waals surface area contributed by atoms with Crippen LogP contribution in [0.2, 0.25) is 5.02 Å². The molecular formula is C16H14ClFN2O4. The molecule has 0 aliphatic rings. The Balaban J connectivity index is 2.12. The van der Waals surface area contributed by atoms with E-state index in [1.54, 1.807) is 6.07 Å². The number of nitrogens with one attached hydrogen (secondary N) is 1. The number of nitro benzene ring substituents is 1. The summed E-state index contributed by atoms with van der Waals surface area (Å²) in [7, 11) is 1.43. The number of nitrogens with zero attached hydrogens (tertiary/aromatic N) is 1. The van der Waals surface area contributed by atoms with Crippen LogP contribution in [-0.2, 0) is 4.74 Å². The number of methoxy groups -OCH3 is 1. The van der Waals surface area contributed by atoms with E-state index in [-0.39, 0.29) is 22.8 Å². The van der Waals surface area contributed by atoms with Gasteiger partial charge < -0.3 is 10.1 Å². The molecule has 0 saturated heterocycles. The zero-order valence-corrected chi connectivity index (χ0v) is 13.4. The second-order valence-electron chi connectivity index (χ2n) is 4.91. The maximum atomic E-state index is 13.3. The third-order valence-corrected chi connectivity index (χ3v) is 3.69. The Labute approximate surface area is 142 Å². The first kappa shape index (κ1) is 17.8. The van der Waals surface area contributed by atoms with Gasteiger partial charge in [-0.05, 0) is 23.8 Å². The summed E-state index contributed by atoms with van der Waals surface area (Å²) in [5, 5.41) is 13.5. The molecule has 0 aliphatic carbocycles. The van der Waals surface area contributed by atoms with Gasteiger partial charge in [0.05, 0.1) is 21.6 Å². The smallest absolute Gasteiger partial charge is 0.270 e. The highest BCUT2D eigenvalue weighted by Gasteiger charge is 2.18. The Morgan fingerprint density at radius 2 is 2.12 bits per heavy atom.